The van der Waals surface area contributed by atoms with Crippen LogP contribution in [0.15, 0.2) is 21.9 Å². The van der Waals surface area contributed by atoms with Gasteiger partial charge in [0.15, 0.2) is 0 Å². The number of ether oxygens (including phenoxy) is 1. The van der Waals surface area contributed by atoms with Gasteiger partial charge in [-0.15, -0.1) is 0 Å². The molecule has 1 unspecified atom stereocenters. The lowest BCUT2D eigenvalue weighted by Gasteiger charge is -2.37. The molecule has 2 rings (SSSR count). The zero-order chi connectivity index (χ0) is 20.3. The van der Waals surface area contributed by atoms with Gasteiger partial charge in [0.2, 0.25) is 0 Å². The fourth-order valence-corrected chi connectivity index (χ4v) is 4.61. The van der Waals surface area contributed by atoms with E-state index in [1.165, 1.54) is 6.08 Å². The predicted molar refractivity (Wildman–Crippen MR) is 96.1 cm³/mol. The van der Waals surface area contributed by atoms with E-state index in [0.717, 1.165) is 29.3 Å². The lowest BCUT2D eigenvalue weighted by Crippen LogP contribution is -2.40. The Morgan fingerprint density at radius 3 is 2.52 bits per heavy atom. The summed E-state index contributed by atoms with van der Waals surface area (Å²) in [6, 6.07) is 0. The fourth-order valence-electron chi connectivity index (χ4n) is 3.43. The standard InChI is InChI=1S/C17H22BrF3O5S/c1-2-25-15(22)16(11-12-7-3-4-8-13(12)18)10-6-5-9-14(16)26-27(23,24)17(19,20)21/h9H,2-8,10-11H2,1H3. The summed E-state index contributed by atoms with van der Waals surface area (Å²) in [5.74, 6) is -1.24. The first kappa shape index (κ1) is 22.3. The topological polar surface area (TPSA) is 69.7 Å². The maximum Gasteiger partial charge on any atom is 0.534 e. The summed E-state index contributed by atoms with van der Waals surface area (Å²) in [5, 5.41) is 0. The SMILES string of the molecule is CCOC(=O)C1(CC2=C(Br)CCCC2)CCCC=C1OS(=O)(=O)C(F)(F)F. The second-order valence-electron chi connectivity index (χ2n) is 6.64. The van der Waals surface area contributed by atoms with Gasteiger partial charge in [0.05, 0.1) is 6.61 Å². The van der Waals surface area contributed by atoms with Crippen LogP contribution in [0.3, 0.4) is 0 Å². The maximum absolute atomic E-state index is 12.8. The molecule has 154 valence electrons. The number of halogens is 4. The number of hydrogen-bond acceptors (Lipinski definition) is 5. The molecule has 0 N–H and O–H groups in total. The molecular weight excluding hydrogens is 453 g/mol. The molecule has 0 aromatic rings. The van der Waals surface area contributed by atoms with Crippen LogP contribution < -0.4 is 0 Å². The van der Waals surface area contributed by atoms with E-state index in [-0.39, 0.29) is 19.4 Å². The highest BCUT2D eigenvalue weighted by Crippen LogP contribution is 2.48. The van der Waals surface area contributed by atoms with Crippen molar-refractivity contribution in [2.45, 2.75) is 63.8 Å². The molecule has 1 atom stereocenters. The number of hydrogen-bond donors (Lipinski definition) is 0. The molecule has 0 amide bonds. The first-order valence-corrected chi connectivity index (χ1v) is 11.0. The van der Waals surface area contributed by atoms with Gasteiger partial charge in [-0.1, -0.05) is 21.5 Å². The van der Waals surface area contributed by atoms with Crippen LogP contribution in [-0.4, -0.2) is 26.5 Å². The third kappa shape index (κ3) is 4.88. The minimum absolute atomic E-state index is 0.0279. The van der Waals surface area contributed by atoms with Gasteiger partial charge >= 0.3 is 21.6 Å². The Kier molecular flexibility index (Phi) is 7.05. The van der Waals surface area contributed by atoms with E-state index < -0.39 is 32.8 Å². The number of esters is 1. The highest BCUT2D eigenvalue weighted by atomic mass is 79.9. The van der Waals surface area contributed by atoms with Crippen LogP contribution in [0, 0.1) is 5.41 Å². The summed E-state index contributed by atoms with van der Waals surface area (Å²) in [6.07, 6.45) is 5.66. The van der Waals surface area contributed by atoms with Crippen molar-refractivity contribution in [1.82, 2.24) is 0 Å². The molecule has 5 nitrogen and oxygen atoms in total. The molecule has 0 spiro atoms. The highest BCUT2D eigenvalue weighted by molar-refractivity contribution is 9.11. The first-order valence-electron chi connectivity index (χ1n) is 8.78. The molecule has 0 aliphatic heterocycles. The van der Waals surface area contributed by atoms with Crippen molar-refractivity contribution < 1.29 is 35.3 Å². The lowest BCUT2D eigenvalue weighted by molar-refractivity contribution is -0.155. The van der Waals surface area contributed by atoms with Gasteiger partial charge in [0.25, 0.3) is 0 Å². The van der Waals surface area contributed by atoms with Crippen molar-refractivity contribution >= 4 is 32.0 Å². The van der Waals surface area contributed by atoms with Crippen LogP contribution in [0.1, 0.15) is 58.3 Å². The first-order chi connectivity index (χ1) is 12.5. The third-order valence-corrected chi connectivity index (χ3v) is 6.70. The number of rotatable bonds is 6. The van der Waals surface area contributed by atoms with Gasteiger partial charge in [-0.2, -0.15) is 21.6 Å². The van der Waals surface area contributed by atoms with Crippen LogP contribution >= 0.6 is 15.9 Å². The van der Waals surface area contributed by atoms with Crippen LogP contribution in [0.25, 0.3) is 0 Å². The van der Waals surface area contributed by atoms with Crippen molar-refractivity contribution in [3.8, 4) is 0 Å². The van der Waals surface area contributed by atoms with E-state index in [9.17, 15) is 26.4 Å². The van der Waals surface area contributed by atoms with Crippen LogP contribution in [0.2, 0.25) is 0 Å². The molecule has 0 bridgehead atoms. The van der Waals surface area contributed by atoms with E-state index >= 15 is 0 Å². The van der Waals surface area contributed by atoms with E-state index in [2.05, 4.69) is 20.1 Å². The summed E-state index contributed by atoms with van der Waals surface area (Å²) < 4.78 is 72.2. The molecular formula is C17H22BrF3O5S. The quantitative estimate of drug-likeness (QED) is 0.304. The minimum Gasteiger partial charge on any atom is -0.465 e. The Bertz CT molecular complexity index is 742. The number of alkyl halides is 3. The number of allylic oxidation sites excluding steroid dienone is 3. The average molecular weight is 475 g/mol. The molecule has 0 heterocycles. The van der Waals surface area contributed by atoms with E-state index in [0.29, 0.717) is 19.3 Å². The van der Waals surface area contributed by atoms with Gasteiger partial charge in [0, 0.05) is 0 Å². The number of carbonyl (C=O) groups excluding carboxylic acids is 1. The van der Waals surface area contributed by atoms with Crippen LogP contribution in [0.5, 0.6) is 0 Å². The van der Waals surface area contributed by atoms with E-state index in [1.54, 1.807) is 6.92 Å². The van der Waals surface area contributed by atoms with Crippen LogP contribution in [0.4, 0.5) is 13.2 Å². The Hall–Kier alpha value is -1.03. The predicted octanol–water partition coefficient (Wildman–Crippen LogP) is 5.08. The van der Waals surface area contributed by atoms with Crippen molar-refractivity contribution in [2.24, 2.45) is 5.41 Å². The summed E-state index contributed by atoms with van der Waals surface area (Å²) >= 11 is 3.48. The molecule has 0 saturated carbocycles. The second kappa shape index (κ2) is 8.55. The summed E-state index contributed by atoms with van der Waals surface area (Å²) in [7, 11) is -5.88. The van der Waals surface area contributed by atoms with Gasteiger partial charge in [0.1, 0.15) is 11.2 Å². The summed E-state index contributed by atoms with van der Waals surface area (Å²) in [6.45, 7) is 1.61. The Labute approximate surface area is 165 Å². The summed E-state index contributed by atoms with van der Waals surface area (Å²) in [5.41, 5.74) is -6.26. The molecule has 2 aliphatic carbocycles. The molecule has 10 heteroatoms. The van der Waals surface area contributed by atoms with Crippen molar-refractivity contribution in [1.29, 1.82) is 0 Å². The minimum atomic E-state index is -5.88. The Morgan fingerprint density at radius 1 is 1.26 bits per heavy atom. The fraction of sp³-hybridized carbons (Fsp3) is 0.706. The molecule has 0 radical (unpaired) electrons. The molecule has 2 aliphatic rings. The van der Waals surface area contributed by atoms with Crippen molar-refractivity contribution in [3.63, 3.8) is 0 Å². The Morgan fingerprint density at radius 2 is 1.93 bits per heavy atom. The third-order valence-electron chi connectivity index (χ3n) is 4.78. The van der Waals surface area contributed by atoms with Crippen molar-refractivity contribution in [2.75, 3.05) is 6.61 Å². The molecule has 0 fully saturated rings. The zero-order valence-electron chi connectivity index (χ0n) is 14.9. The normalized spacial score (nSPS) is 24.4. The second-order valence-corrected chi connectivity index (χ2v) is 9.13. The van der Waals surface area contributed by atoms with E-state index in [1.807, 2.05) is 0 Å². The molecule has 27 heavy (non-hydrogen) atoms. The number of carbonyl (C=O) groups is 1. The van der Waals surface area contributed by atoms with Gasteiger partial charge in [-0.05, 0) is 68.8 Å². The monoisotopic (exact) mass is 474 g/mol. The average Bonchev–Trinajstić information content (AvgIpc) is 2.57. The maximum atomic E-state index is 12.8. The Balaban J connectivity index is 2.47. The van der Waals surface area contributed by atoms with Gasteiger partial charge in [-0.3, -0.25) is 4.79 Å². The zero-order valence-corrected chi connectivity index (χ0v) is 17.3. The largest absolute Gasteiger partial charge is 0.534 e. The smallest absolute Gasteiger partial charge is 0.465 e. The van der Waals surface area contributed by atoms with Crippen LogP contribution in [-0.2, 0) is 23.8 Å². The van der Waals surface area contributed by atoms with E-state index in [4.69, 9.17) is 4.74 Å². The highest BCUT2D eigenvalue weighted by Gasteiger charge is 2.54. The lowest BCUT2D eigenvalue weighted by atomic mass is 9.71. The molecule has 0 aromatic heterocycles. The van der Waals surface area contributed by atoms with Gasteiger partial charge in [-0.25, -0.2) is 0 Å². The molecule has 0 aromatic carbocycles. The van der Waals surface area contributed by atoms with Crippen molar-refractivity contribution in [3.05, 3.63) is 21.9 Å². The summed E-state index contributed by atoms with van der Waals surface area (Å²) in [4.78, 5) is 12.8. The van der Waals surface area contributed by atoms with Gasteiger partial charge < -0.3 is 8.92 Å². The molecule has 0 saturated heterocycles.